The van der Waals surface area contributed by atoms with E-state index < -0.39 is 0 Å². The van der Waals surface area contributed by atoms with E-state index >= 15 is 0 Å². The van der Waals surface area contributed by atoms with Gasteiger partial charge in [-0.15, -0.1) is 0 Å². The van der Waals surface area contributed by atoms with E-state index in [0.29, 0.717) is 0 Å². The van der Waals surface area contributed by atoms with Crippen molar-refractivity contribution in [1.29, 1.82) is 0 Å². The van der Waals surface area contributed by atoms with Crippen LogP contribution in [0.3, 0.4) is 0 Å². The van der Waals surface area contributed by atoms with Crippen LogP contribution < -0.4 is 5.32 Å². The standard InChI is InChI=1S/C15H33NO2/c1-3-5-6-7-8-9-12-18-13-10-15(14-17)16-11-4-2/h15-17H,3-14H2,1-2H3. The predicted molar refractivity (Wildman–Crippen MR) is 78.0 cm³/mol. The van der Waals surface area contributed by atoms with Crippen LogP contribution >= 0.6 is 0 Å². The summed E-state index contributed by atoms with van der Waals surface area (Å²) < 4.78 is 5.60. The van der Waals surface area contributed by atoms with Crippen LogP contribution in [-0.4, -0.2) is 37.5 Å². The minimum absolute atomic E-state index is 0.203. The first kappa shape index (κ1) is 17.9. The normalized spacial score (nSPS) is 12.8. The Bertz CT molecular complexity index is 153. The zero-order chi connectivity index (χ0) is 13.5. The first-order valence-electron chi connectivity index (χ1n) is 7.77. The Morgan fingerprint density at radius 3 is 2.33 bits per heavy atom. The molecule has 0 heterocycles. The van der Waals surface area contributed by atoms with E-state index in [0.717, 1.165) is 32.6 Å². The minimum Gasteiger partial charge on any atom is -0.395 e. The van der Waals surface area contributed by atoms with E-state index in [1.165, 1.54) is 38.5 Å². The Kier molecular flexibility index (Phi) is 14.8. The maximum Gasteiger partial charge on any atom is 0.0585 e. The fourth-order valence-electron chi connectivity index (χ4n) is 1.92. The van der Waals surface area contributed by atoms with Gasteiger partial charge in [-0.2, -0.15) is 0 Å². The molecule has 0 saturated heterocycles. The number of hydrogen-bond acceptors (Lipinski definition) is 3. The number of rotatable bonds is 14. The molecular formula is C15H33NO2. The molecule has 2 N–H and O–H groups in total. The van der Waals surface area contributed by atoms with Gasteiger partial charge >= 0.3 is 0 Å². The summed E-state index contributed by atoms with van der Waals surface area (Å²) in [7, 11) is 0. The van der Waals surface area contributed by atoms with E-state index in [-0.39, 0.29) is 12.6 Å². The number of unbranched alkanes of at least 4 members (excludes halogenated alkanes) is 5. The van der Waals surface area contributed by atoms with Gasteiger partial charge in [0.25, 0.3) is 0 Å². The van der Waals surface area contributed by atoms with Crippen LogP contribution in [0.15, 0.2) is 0 Å². The molecule has 0 aromatic rings. The van der Waals surface area contributed by atoms with Crippen LogP contribution in [0.5, 0.6) is 0 Å². The Hall–Kier alpha value is -0.120. The first-order valence-corrected chi connectivity index (χ1v) is 7.77. The van der Waals surface area contributed by atoms with Gasteiger partial charge in [-0.25, -0.2) is 0 Å². The molecule has 0 bridgehead atoms. The molecule has 110 valence electrons. The summed E-state index contributed by atoms with van der Waals surface area (Å²) in [5.41, 5.74) is 0. The largest absolute Gasteiger partial charge is 0.395 e. The van der Waals surface area contributed by atoms with E-state index in [1.54, 1.807) is 0 Å². The molecule has 0 aliphatic rings. The van der Waals surface area contributed by atoms with Crippen LogP contribution in [0.4, 0.5) is 0 Å². The van der Waals surface area contributed by atoms with Gasteiger partial charge in [0.1, 0.15) is 0 Å². The molecule has 18 heavy (non-hydrogen) atoms. The maximum atomic E-state index is 9.16. The topological polar surface area (TPSA) is 41.5 Å². The molecule has 0 saturated carbocycles. The Labute approximate surface area is 113 Å². The molecule has 0 aromatic heterocycles. The van der Waals surface area contributed by atoms with Crippen LogP contribution in [0, 0.1) is 0 Å². The second-order valence-corrected chi connectivity index (χ2v) is 5.00. The van der Waals surface area contributed by atoms with Crippen molar-refractivity contribution in [3.05, 3.63) is 0 Å². The Morgan fingerprint density at radius 2 is 1.67 bits per heavy atom. The molecular weight excluding hydrogens is 226 g/mol. The van der Waals surface area contributed by atoms with Crippen LogP contribution in [0.1, 0.15) is 65.2 Å². The summed E-state index contributed by atoms with van der Waals surface area (Å²) in [6.07, 6.45) is 9.86. The van der Waals surface area contributed by atoms with E-state index in [4.69, 9.17) is 9.84 Å². The molecule has 0 fully saturated rings. The van der Waals surface area contributed by atoms with Gasteiger partial charge in [0.15, 0.2) is 0 Å². The fourth-order valence-corrected chi connectivity index (χ4v) is 1.92. The average Bonchev–Trinajstić information content (AvgIpc) is 2.40. The monoisotopic (exact) mass is 259 g/mol. The van der Waals surface area contributed by atoms with Crippen molar-refractivity contribution in [3.63, 3.8) is 0 Å². The number of hydrogen-bond donors (Lipinski definition) is 2. The van der Waals surface area contributed by atoms with Crippen molar-refractivity contribution in [2.24, 2.45) is 0 Å². The molecule has 0 aliphatic carbocycles. The average molecular weight is 259 g/mol. The molecule has 0 aromatic carbocycles. The third kappa shape index (κ3) is 12.3. The smallest absolute Gasteiger partial charge is 0.0585 e. The molecule has 0 radical (unpaired) electrons. The summed E-state index contributed by atoms with van der Waals surface area (Å²) in [6, 6.07) is 0.203. The lowest BCUT2D eigenvalue weighted by Crippen LogP contribution is -2.34. The highest BCUT2D eigenvalue weighted by Gasteiger charge is 2.04. The van der Waals surface area contributed by atoms with Crippen molar-refractivity contribution < 1.29 is 9.84 Å². The van der Waals surface area contributed by atoms with E-state index in [1.807, 2.05) is 0 Å². The summed E-state index contributed by atoms with van der Waals surface area (Å²) in [5, 5.41) is 12.5. The third-order valence-electron chi connectivity index (χ3n) is 3.16. The summed E-state index contributed by atoms with van der Waals surface area (Å²) in [5.74, 6) is 0. The van der Waals surface area contributed by atoms with Gasteiger partial charge in [0.05, 0.1) is 6.61 Å². The van der Waals surface area contributed by atoms with Crippen LogP contribution in [-0.2, 0) is 4.74 Å². The fraction of sp³-hybridized carbons (Fsp3) is 1.00. The predicted octanol–water partition coefficient (Wildman–Crippen LogP) is 3.11. The molecule has 1 atom stereocenters. The maximum absolute atomic E-state index is 9.16. The molecule has 0 rings (SSSR count). The van der Waals surface area contributed by atoms with Crippen molar-refractivity contribution >= 4 is 0 Å². The van der Waals surface area contributed by atoms with Crippen molar-refractivity contribution in [3.8, 4) is 0 Å². The molecule has 3 heteroatoms. The second kappa shape index (κ2) is 14.9. The Morgan fingerprint density at radius 1 is 0.944 bits per heavy atom. The zero-order valence-electron chi connectivity index (χ0n) is 12.4. The molecule has 3 nitrogen and oxygen atoms in total. The number of ether oxygens (including phenoxy) is 1. The van der Waals surface area contributed by atoms with Crippen molar-refractivity contribution in [2.75, 3.05) is 26.4 Å². The summed E-state index contributed by atoms with van der Waals surface area (Å²) in [4.78, 5) is 0. The first-order chi connectivity index (χ1) is 8.85. The molecule has 0 amide bonds. The summed E-state index contributed by atoms with van der Waals surface area (Å²) >= 11 is 0. The van der Waals surface area contributed by atoms with Crippen LogP contribution in [0.2, 0.25) is 0 Å². The summed E-state index contributed by atoms with van der Waals surface area (Å²) in [6.45, 7) is 7.20. The van der Waals surface area contributed by atoms with Gasteiger partial charge in [0, 0.05) is 19.3 Å². The van der Waals surface area contributed by atoms with Gasteiger partial charge in [0.2, 0.25) is 0 Å². The van der Waals surface area contributed by atoms with Crippen molar-refractivity contribution in [2.45, 2.75) is 71.3 Å². The lowest BCUT2D eigenvalue weighted by atomic mass is 10.1. The number of aliphatic hydroxyl groups is 1. The van der Waals surface area contributed by atoms with E-state index in [2.05, 4.69) is 19.2 Å². The van der Waals surface area contributed by atoms with Gasteiger partial charge < -0.3 is 15.2 Å². The highest BCUT2D eigenvalue weighted by molar-refractivity contribution is 4.64. The van der Waals surface area contributed by atoms with Gasteiger partial charge in [-0.05, 0) is 25.8 Å². The quantitative estimate of drug-likeness (QED) is 0.471. The van der Waals surface area contributed by atoms with Crippen LogP contribution in [0.25, 0.3) is 0 Å². The molecule has 0 aliphatic heterocycles. The SMILES string of the molecule is CCCCCCCCOCCC(CO)NCCC. The lowest BCUT2D eigenvalue weighted by Gasteiger charge is -2.15. The molecule has 0 spiro atoms. The van der Waals surface area contributed by atoms with E-state index in [9.17, 15) is 0 Å². The number of nitrogens with one attached hydrogen (secondary N) is 1. The van der Waals surface area contributed by atoms with Gasteiger partial charge in [-0.3, -0.25) is 0 Å². The molecule has 1 unspecified atom stereocenters. The highest BCUT2D eigenvalue weighted by atomic mass is 16.5. The highest BCUT2D eigenvalue weighted by Crippen LogP contribution is 2.05. The third-order valence-corrected chi connectivity index (χ3v) is 3.16. The van der Waals surface area contributed by atoms with Crippen molar-refractivity contribution in [1.82, 2.24) is 5.32 Å². The number of aliphatic hydroxyl groups excluding tert-OH is 1. The van der Waals surface area contributed by atoms with Gasteiger partial charge in [-0.1, -0.05) is 46.0 Å². The lowest BCUT2D eigenvalue weighted by molar-refractivity contribution is 0.110. The zero-order valence-corrected chi connectivity index (χ0v) is 12.4. The Balaban J connectivity index is 3.17. The second-order valence-electron chi connectivity index (χ2n) is 5.00. The minimum atomic E-state index is 0.203.